The van der Waals surface area contributed by atoms with Gasteiger partial charge in [-0.05, 0) is 58.8 Å². The minimum absolute atomic E-state index is 0.192. The van der Waals surface area contributed by atoms with E-state index in [-0.39, 0.29) is 6.04 Å². The van der Waals surface area contributed by atoms with Crippen molar-refractivity contribution in [3.05, 3.63) is 28.2 Å². The lowest BCUT2D eigenvalue weighted by Gasteiger charge is -2.31. The van der Waals surface area contributed by atoms with Gasteiger partial charge in [-0.2, -0.15) is 4.31 Å². The number of rotatable bonds is 3. The Morgan fingerprint density at radius 3 is 2.76 bits per heavy atom. The lowest BCUT2D eigenvalue weighted by molar-refractivity contribution is 0.260. The van der Waals surface area contributed by atoms with Gasteiger partial charge in [0.15, 0.2) is 0 Å². The second kappa shape index (κ2) is 5.99. The average molecular weight is 373 g/mol. The van der Waals surface area contributed by atoms with Crippen LogP contribution in [-0.2, 0) is 16.6 Å². The van der Waals surface area contributed by atoms with Gasteiger partial charge in [0.05, 0.1) is 4.90 Å². The van der Waals surface area contributed by atoms with Crippen molar-refractivity contribution in [2.75, 3.05) is 6.54 Å². The monoisotopic (exact) mass is 372 g/mol. The Balaban J connectivity index is 1.97. The molecule has 1 heterocycles. The van der Waals surface area contributed by atoms with Gasteiger partial charge in [0.1, 0.15) is 0 Å². The van der Waals surface area contributed by atoms with Gasteiger partial charge in [-0.3, -0.25) is 0 Å². The number of hydrogen-bond acceptors (Lipinski definition) is 3. The van der Waals surface area contributed by atoms with Crippen molar-refractivity contribution in [1.82, 2.24) is 4.31 Å². The van der Waals surface area contributed by atoms with Gasteiger partial charge in [0, 0.05) is 23.6 Å². The van der Waals surface area contributed by atoms with Crippen LogP contribution in [0.4, 0.5) is 0 Å². The van der Waals surface area contributed by atoms with Crippen molar-refractivity contribution in [1.29, 1.82) is 0 Å². The van der Waals surface area contributed by atoms with Gasteiger partial charge in [-0.1, -0.05) is 18.9 Å². The molecule has 2 atom stereocenters. The standard InChI is InChI=1S/C15H21BrN2O2S/c16-13-6-5-11(10-17)9-15(13)21(19,20)18-8-7-12-3-1-2-4-14(12)18/h5-6,9,12,14H,1-4,7-8,10,17H2. The number of nitrogens with two attached hydrogens (primary N) is 1. The van der Waals surface area contributed by atoms with Crippen LogP contribution in [0.15, 0.2) is 27.6 Å². The molecule has 1 saturated carbocycles. The molecule has 6 heteroatoms. The fourth-order valence-electron chi connectivity index (χ4n) is 3.66. The maximum Gasteiger partial charge on any atom is 0.244 e. The Kier molecular flexibility index (Phi) is 4.41. The second-order valence-corrected chi connectivity index (χ2v) is 8.70. The first-order valence-corrected chi connectivity index (χ1v) is 9.77. The molecule has 1 aromatic carbocycles. The van der Waals surface area contributed by atoms with Gasteiger partial charge in [0.2, 0.25) is 10.0 Å². The Morgan fingerprint density at radius 1 is 1.24 bits per heavy atom. The van der Waals surface area contributed by atoms with E-state index < -0.39 is 10.0 Å². The summed E-state index contributed by atoms with van der Waals surface area (Å²) in [5.41, 5.74) is 6.49. The maximum absolute atomic E-state index is 13.0. The molecule has 1 aliphatic carbocycles. The second-order valence-electron chi connectivity index (χ2n) is 5.99. The van der Waals surface area contributed by atoms with Crippen molar-refractivity contribution in [2.24, 2.45) is 11.7 Å². The number of nitrogens with zero attached hydrogens (tertiary/aromatic N) is 1. The van der Waals surface area contributed by atoms with Crippen LogP contribution in [0.1, 0.15) is 37.7 Å². The number of hydrogen-bond donors (Lipinski definition) is 1. The van der Waals surface area contributed by atoms with E-state index in [1.807, 2.05) is 6.07 Å². The first-order valence-electron chi connectivity index (χ1n) is 7.54. The third-order valence-corrected chi connectivity index (χ3v) is 7.70. The lowest BCUT2D eigenvalue weighted by Crippen LogP contribution is -2.39. The van der Waals surface area contributed by atoms with E-state index in [0.717, 1.165) is 24.8 Å². The molecule has 0 aromatic heterocycles. The van der Waals surface area contributed by atoms with Crippen LogP contribution in [0.3, 0.4) is 0 Å². The van der Waals surface area contributed by atoms with E-state index in [1.54, 1.807) is 16.4 Å². The topological polar surface area (TPSA) is 63.4 Å². The third-order valence-electron chi connectivity index (χ3n) is 4.78. The largest absolute Gasteiger partial charge is 0.326 e. The van der Waals surface area contributed by atoms with E-state index in [0.29, 0.717) is 28.4 Å². The van der Waals surface area contributed by atoms with Gasteiger partial charge in [-0.25, -0.2) is 8.42 Å². The van der Waals surface area contributed by atoms with E-state index in [2.05, 4.69) is 15.9 Å². The minimum Gasteiger partial charge on any atom is -0.326 e. The molecule has 21 heavy (non-hydrogen) atoms. The normalized spacial score (nSPS) is 26.8. The highest BCUT2D eigenvalue weighted by atomic mass is 79.9. The predicted molar refractivity (Wildman–Crippen MR) is 86.3 cm³/mol. The average Bonchev–Trinajstić information content (AvgIpc) is 2.92. The zero-order valence-electron chi connectivity index (χ0n) is 12.0. The molecule has 0 amide bonds. The summed E-state index contributed by atoms with van der Waals surface area (Å²) in [6.45, 7) is 0.999. The molecular weight excluding hydrogens is 352 g/mol. The summed E-state index contributed by atoms with van der Waals surface area (Å²) < 4.78 is 28.4. The molecule has 2 aliphatic rings. The third kappa shape index (κ3) is 2.79. The Morgan fingerprint density at radius 2 is 2.00 bits per heavy atom. The van der Waals surface area contributed by atoms with Gasteiger partial charge in [0.25, 0.3) is 0 Å². The summed E-state index contributed by atoms with van der Waals surface area (Å²) >= 11 is 3.38. The molecule has 4 nitrogen and oxygen atoms in total. The van der Waals surface area contributed by atoms with Crippen LogP contribution in [-0.4, -0.2) is 25.3 Å². The summed E-state index contributed by atoms with van der Waals surface area (Å²) in [7, 11) is -3.44. The van der Waals surface area contributed by atoms with Gasteiger partial charge >= 0.3 is 0 Å². The zero-order chi connectivity index (χ0) is 15.0. The summed E-state index contributed by atoms with van der Waals surface area (Å²) in [4.78, 5) is 0.358. The van der Waals surface area contributed by atoms with Crippen LogP contribution in [0.2, 0.25) is 0 Å². The van der Waals surface area contributed by atoms with Crippen LogP contribution in [0.25, 0.3) is 0 Å². The van der Waals surface area contributed by atoms with Crippen molar-refractivity contribution < 1.29 is 8.42 Å². The molecule has 0 bridgehead atoms. The molecule has 0 radical (unpaired) electrons. The van der Waals surface area contributed by atoms with Crippen molar-refractivity contribution in [3.63, 3.8) is 0 Å². The maximum atomic E-state index is 13.0. The molecule has 1 aliphatic heterocycles. The molecular formula is C15H21BrN2O2S. The van der Waals surface area contributed by atoms with E-state index >= 15 is 0 Å². The molecule has 3 rings (SSSR count). The fraction of sp³-hybridized carbons (Fsp3) is 0.600. The highest BCUT2D eigenvalue weighted by Gasteiger charge is 2.42. The highest BCUT2D eigenvalue weighted by Crippen LogP contribution is 2.40. The summed E-state index contributed by atoms with van der Waals surface area (Å²) in [5, 5.41) is 0. The molecule has 2 unspecified atom stereocenters. The van der Waals surface area contributed by atoms with Gasteiger partial charge < -0.3 is 5.73 Å². The number of sulfonamides is 1. The summed E-state index contributed by atoms with van der Waals surface area (Å²) in [6, 6.07) is 5.53. The zero-order valence-corrected chi connectivity index (χ0v) is 14.4. The van der Waals surface area contributed by atoms with Crippen LogP contribution in [0.5, 0.6) is 0 Å². The van der Waals surface area contributed by atoms with Crippen molar-refractivity contribution >= 4 is 26.0 Å². The molecule has 2 fully saturated rings. The summed E-state index contributed by atoms with van der Waals surface area (Å²) in [5.74, 6) is 0.546. The first kappa shape index (κ1) is 15.5. The Bertz CT molecular complexity index is 633. The Labute approximate surface area is 134 Å². The fourth-order valence-corrected chi connectivity index (χ4v) is 6.37. The number of halogens is 1. The predicted octanol–water partition coefficient (Wildman–Crippen LogP) is 2.86. The molecule has 1 saturated heterocycles. The Hall–Kier alpha value is -0.430. The minimum atomic E-state index is -3.44. The smallest absolute Gasteiger partial charge is 0.244 e. The first-order chi connectivity index (χ1) is 10.0. The number of fused-ring (bicyclic) bond motifs is 1. The summed E-state index contributed by atoms with van der Waals surface area (Å²) in [6.07, 6.45) is 5.54. The number of benzene rings is 1. The molecule has 116 valence electrons. The van der Waals surface area contributed by atoms with E-state index in [4.69, 9.17) is 5.73 Å². The van der Waals surface area contributed by atoms with Crippen molar-refractivity contribution in [2.45, 2.75) is 49.6 Å². The quantitative estimate of drug-likeness (QED) is 0.886. The van der Waals surface area contributed by atoms with Crippen LogP contribution >= 0.6 is 15.9 Å². The van der Waals surface area contributed by atoms with Gasteiger partial charge in [-0.15, -0.1) is 0 Å². The highest BCUT2D eigenvalue weighted by molar-refractivity contribution is 9.10. The van der Waals surface area contributed by atoms with Crippen LogP contribution in [0, 0.1) is 5.92 Å². The van der Waals surface area contributed by atoms with Crippen molar-refractivity contribution in [3.8, 4) is 0 Å². The van der Waals surface area contributed by atoms with E-state index in [9.17, 15) is 8.42 Å². The van der Waals surface area contributed by atoms with Crippen LogP contribution < -0.4 is 5.73 Å². The molecule has 2 N–H and O–H groups in total. The molecule has 0 spiro atoms. The SMILES string of the molecule is NCc1ccc(Br)c(S(=O)(=O)N2CCC3CCCCC32)c1. The molecule has 1 aromatic rings. The van der Waals surface area contributed by atoms with E-state index in [1.165, 1.54) is 12.8 Å². The lowest BCUT2D eigenvalue weighted by atomic mass is 9.86.